The van der Waals surface area contributed by atoms with Gasteiger partial charge in [-0.1, -0.05) is 5.16 Å². The van der Waals surface area contributed by atoms with Crippen LogP contribution < -0.4 is 4.90 Å². The van der Waals surface area contributed by atoms with Gasteiger partial charge in [0.1, 0.15) is 12.7 Å². The van der Waals surface area contributed by atoms with E-state index in [2.05, 4.69) is 20.1 Å². The molecule has 2 aliphatic rings. The zero-order valence-electron chi connectivity index (χ0n) is 14.6. The second kappa shape index (κ2) is 6.47. The third kappa shape index (κ3) is 2.93. The Hall–Kier alpha value is -2.84. The molecule has 9 nitrogen and oxygen atoms in total. The van der Waals surface area contributed by atoms with Crippen molar-refractivity contribution in [2.24, 2.45) is 5.41 Å². The Morgan fingerprint density at radius 1 is 1.27 bits per heavy atom. The number of hydrogen-bond donors (Lipinski definition) is 0. The molecular formula is C17H20N6O3. The number of aryl methyl sites for hydroxylation is 1. The van der Waals surface area contributed by atoms with Crippen molar-refractivity contribution in [3.8, 4) is 0 Å². The largest absolute Gasteiger partial charge is 0.341 e. The van der Waals surface area contributed by atoms with Crippen LogP contribution in [-0.4, -0.2) is 56.5 Å². The van der Waals surface area contributed by atoms with E-state index in [1.165, 1.54) is 6.33 Å². The SMILES string of the molecule is Cc1noc(CC(=O)N2CCC[C@@]3(CCN(c4cncnc4)C3=O)C2)n1. The summed E-state index contributed by atoms with van der Waals surface area (Å²) in [6.45, 7) is 3.42. The maximum Gasteiger partial charge on any atom is 0.236 e. The maximum atomic E-state index is 13.1. The number of rotatable bonds is 3. The first-order valence-corrected chi connectivity index (χ1v) is 8.71. The molecular weight excluding hydrogens is 336 g/mol. The van der Waals surface area contributed by atoms with Crippen LogP contribution in [0.4, 0.5) is 5.69 Å². The number of carbonyl (C=O) groups excluding carboxylic acids is 2. The molecule has 136 valence electrons. The molecule has 0 unspecified atom stereocenters. The Morgan fingerprint density at radius 2 is 2.08 bits per heavy atom. The zero-order valence-corrected chi connectivity index (χ0v) is 14.6. The molecule has 0 radical (unpaired) electrons. The van der Waals surface area contributed by atoms with Crippen molar-refractivity contribution in [3.05, 3.63) is 30.4 Å². The molecule has 4 rings (SSSR count). The molecule has 9 heteroatoms. The topological polar surface area (TPSA) is 105 Å². The molecule has 4 heterocycles. The van der Waals surface area contributed by atoms with Gasteiger partial charge < -0.3 is 14.3 Å². The van der Waals surface area contributed by atoms with Crippen molar-refractivity contribution in [2.75, 3.05) is 24.5 Å². The van der Waals surface area contributed by atoms with Crippen LogP contribution in [0.2, 0.25) is 0 Å². The number of aromatic nitrogens is 4. The van der Waals surface area contributed by atoms with Crippen LogP contribution in [0.25, 0.3) is 0 Å². The van der Waals surface area contributed by atoms with Crippen LogP contribution in [0.3, 0.4) is 0 Å². The Balaban J connectivity index is 1.48. The monoisotopic (exact) mass is 356 g/mol. The number of piperidine rings is 1. The van der Waals surface area contributed by atoms with Crippen LogP contribution >= 0.6 is 0 Å². The first kappa shape index (κ1) is 16.6. The van der Waals surface area contributed by atoms with E-state index in [1.807, 2.05) is 0 Å². The van der Waals surface area contributed by atoms with Crippen LogP contribution in [0.5, 0.6) is 0 Å². The molecule has 0 aromatic carbocycles. The van der Waals surface area contributed by atoms with Crippen molar-refractivity contribution >= 4 is 17.5 Å². The fraction of sp³-hybridized carbons (Fsp3) is 0.529. The van der Waals surface area contributed by atoms with Gasteiger partial charge in [-0.05, 0) is 26.2 Å². The highest BCUT2D eigenvalue weighted by molar-refractivity contribution is 6.00. The highest BCUT2D eigenvalue weighted by Gasteiger charge is 2.50. The molecule has 0 bridgehead atoms. The summed E-state index contributed by atoms with van der Waals surface area (Å²) in [5.41, 5.74) is 0.188. The van der Waals surface area contributed by atoms with Crippen molar-refractivity contribution in [1.29, 1.82) is 0 Å². The smallest absolute Gasteiger partial charge is 0.236 e. The number of nitrogens with zero attached hydrogens (tertiary/aromatic N) is 6. The van der Waals surface area contributed by atoms with Gasteiger partial charge in [0.05, 0.1) is 23.5 Å². The molecule has 2 aromatic heterocycles. The Morgan fingerprint density at radius 3 is 2.81 bits per heavy atom. The van der Waals surface area contributed by atoms with Crippen LogP contribution in [-0.2, 0) is 16.0 Å². The standard InChI is InChI=1S/C17H20N6O3/c1-12-20-14(26-21-12)7-15(24)22-5-2-3-17(10-22)4-6-23(16(17)25)13-8-18-11-19-9-13/h8-9,11H,2-7,10H2,1H3/t17-/m1/s1. The van der Waals surface area contributed by atoms with Gasteiger partial charge in [0, 0.05) is 19.6 Å². The number of carbonyl (C=O) groups is 2. The second-order valence-electron chi connectivity index (χ2n) is 6.91. The average Bonchev–Trinajstić information content (AvgIpc) is 3.20. The lowest BCUT2D eigenvalue weighted by molar-refractivity contribution is -0.138. The molecule has 2 aliphatic heterocycles. The number of anilines is 1. The van der Waals surface area contributed by atoms with E-state index < -0.39 is 5.41 Å². The van der Waals surface area contributed by atoms with Crippen molar-refractivity contribution in [3.63, 3.8) is 0 Å². The van der Waals surface area contributed by atoms with Gasteiger partial charge in [-0.15, -0.1) is 0 Å². The number of likely N-dealkylation sites (tertiary alicyclic amines) is 1. The van der Waals surface area contributed by atoms with Gasteiger partial charge in [-0.2, -0.15) is 4.98 Å². The molecule has 2 aromatic rings. The van der Waals surface area contributed by atoms with Crippen LogP contribution in [0.15, 0.2) is 23.2 Å². The molecule has 26 heavy (non-hydrogen) atoms. The molecule has 1 atom stereocenters. The minimum atomic E-state index is -0.519. The lowest BCUT2D eigenvalue weighted by Crippen LogP contribution is -2.50. The lowest BCUT2D eigenvalue weighted by Gasteiger charge is -2.38. The van der Waals surface area contributed by atoms with Gasteiger partial charge in [-0.3, -0.25) is 9.59 Å². The molecule has 0 N–H and O–H groups in total. The first-order valence-electron chi connectivity index (χ1n) is 8.71. The number of hydrogen-bond acceptors (Lipinski definition) is 7. The summed E-state index contributed by atoms with van der Waals surface area (Å²) in [5.74, 6) is 0.794. The van der Waals surface area contributed by atoms with Gasteiger partial charge in [-0.25, -0.2) is 9.97 Å². The van der Waals surface area contributed by atoms with Crippen molar-refractivity contribution in [1.82, 2.24) is 25.0 Å². The highest BCUT2D eigenvalue weighted by atomic mass is 16.5. The van der Waals surface area contributed by atoms with Crippen molar-refractivity contribution < 1.29 is 14.1 Å². The molecule has 2 amide bonds. The third-order valence-corrected chi connectivity index (χ3v) is 5.17. The van der Waals surface area contributed by atoms with Gasteiger partial charge in [0.15, 0.2) is 5.82 Å². The van der Waals surface area contributed by atoms with Crippen molar-refractivity contribution in [2.45, 2.75) is 32.6 Å². The van der Waals surface area contributed by atoms with E-state index >= 15 is 0 Å². The minimum Gasteiger partial charge on any atom is -0.341 e. The summed E-state index contributed by atoms with van der Waals surface area (Å²) < 4.78 is 5.04. The van der Waals surface area contributed by atoms with E-state index in [0.717, 1.165) is 19.3 Å². The predicted molar refractivity (Wildman–Crippen MR) is 90.0 cm³/mol. The zero-order chi connectivity index (χ0) is 18.1. The first-order chi connectivity index (χ1) is 12.6. The second-order valence-corrected chi connectivity index (χ2v) is 6.91. The Bertz CT molecular complexity index is 823. The third-order valence-electron chi connectivity index (χ3n) is 5.17. The summed E-state index contributed by atoms with van der Waals surface area (Å²) in [4.78, 5) is 41.3. The summed E-state index contributed by atoms with van der Waals surface area (Å²) in [5, 5.41) is 3.71. The fourth-order valence-corrected chi connectivity index (χ4v) is 3.87. The summed E-state index contributed by atoms with van der Waals surface area (Å²) in [7, 11) is 0. The van der Waals surface area contributed by atoms with E-state index in [-0.39, 0.29) is 18.2 Å². The molecule has 1 spiro atoms. The summed E-state index contributed by atoms with van der Waals surface area (Å²) >= 11 is 0. The van der Waals surface area contributed by atoms with Gasteiger partial charge in [0.25, 0.3) is 0 Å². The minimum absolute atomic E-state index is 0.0541. The fourth-order valence-electron chi connectivity index (χ4n) is 3.87. The maximum absolute atomic E-state index is 13.1. The predicted octanol–water partition coefficient (Wildman–Crippen LogP) is 0.756. The molecule has 0 aliphatic carbocycles. The molecule has 2 fully saturated rings. The lowest BCUT2D eigenvalue weighted by atomic mass is 9.78. The Labute approximate surface area is 150 Å². The average molecular weight is 356 g/mol. The molecule has 0 saturated carbocycles. The highest BCUT2D eigenvalue weighted by Crippen LogP contribution is 2.41. The molecule has 2 saturated heterocycles. The normalized spacial score (nSPS) is 23.0. The van der Waals surface area contributed by atoms with E-state index in [0.29, 0.717) is 37.0 Å². The quantitative estimate of drug-likeness (QED) is 0.799. The van der Waals surface area contributed by atoms with Gasteiger partial charge in [0.2, 0.25) is 17.7 Å². The summed E-state index contributed by atoms with van der Waals surface area (Å²) in [6.07, 6.45) is 7.13. The van der Waals surface area contributed by atoms with E-state index in [4.69, 9.17) is 4.52 Å². The Kier molecular flexibility index (Phi) is 4.14. The van der Waals surface area contributed by atoms with Gasteiger partial charge >= 0.3 is 0 Å². The summed E-state index contributed by atoms with van der Waals surface area (Å²) in [6, 6.07) is 0. The van der Waals surface area contributed by atoms with Crippen LogP contribution in [0.1, 0.15) is 31.0 Å². The van der Waals surface area contributed by atoms with Crippen LogP contribution in [0, 0.1) is 12.3 Å². The van der Waals surface area contributed by atoms with E-state index in [9.17, 15) is 9.59 Å². The number of amides is 2. The van der Waals surface area contributed by atoms with E-state index in [1.54, 1.807) is 29.1 Å².